The van der Waals surface area contributed by atoms with Crippen LogP contribution >= 0.6 is 0 Å². The lowest BCUT2D eigenvalue weighted by Gasteiger charge is -2.29. The number of benzene rings is 1. The van der Waals surface area contributed by atoms with Crippen molar-refractivity contribution in [2.45, 2.75) is 57.3 Å². The van der Waals surface area contributed by atoms with E-state index in [-0.39, 0.29) is 35.0 Å². The van der Waals surface area contributed by atoms with Crippen molar-refractivity contribution in [1.82, 2.24) is 19.7 Å². The van der Waals surface area contributed by atoms with Gasteiger partial charge in [-0.2, -0.15) is 4.98 Å². The molecule has 2 heterocycles. The first-order chi connectivity index (χ1) is 17.0. The minimum atomic E-state index is -0.643. The molecule has 2 aliphatic rings. The van der Waals surface area contributed by atoms with Crippen LogP contribution in [-0.4, -0.2) is 44.9 Å². The molecule has 2 fully saturated rings. The van der Waals surface area contributed by atoms with E-state index < -0.39 is 5.56 Å². The number of rotatable bonds is 8. The van der Waals surface area contributed by atoms with Crippen LogP contribution in [0.5, 0.6) is 17.4 Å². The Balaban J connectivity index is 1.59. The van der Waals surface area contributed by atoms with Gasteiger partial charge in [-0.15, -0.1) is 10.2 Å². The summed E-state index contributed by atoms with van der Waals surface area (Å²) < 4.78 is 18.4. The van der Waals surface area contributed by atoms with E-state index in [0.29, 0.717) is 48.2 Å². The number of aryl methyl sites for hydroxylation is 1. The molecule has 1 aromatic carbocycles. The first-order valence-corrected chi connectivity index (χ1v) is 11.9. The largest absolute Gasteiger partial charge is 0.494 e. The van der Waals surface area contributed by atoms with Crippen LogP contribution in [0.3, 0.4) is 0 Å². The molecule has 0 saturated heterocycles. The highest BCUT2D eigenvalue weighted by atomic mass is 16.5. The molecule has 0 amide bonds. The number of aromatic hydroxyl groups is 1. The second kappa shape index (κ2) is 9.52. The number of hydrogen-bond donors (Lipinski definition) is 1. The third kappa shape index (κ3) is 4.17. The van der Waals surface area contributed by atoms with E-state index in [2.05, 4.69) is 15.2 Å². The smallest absolute Gasteiger partial charge is 0.289 e. The Labute approximate surface area is 201 Å². The topological polar surface area (TPSA) is 130 Å². The Morgan fingerprint density at radius 3 is 2.43 bits per heavy atom. The Morgan fingerprint density at radius 1 is 1.09 bits per heavy atom. The Bertz CT molecular complexity index is 1290. The van der Waals surface area contributed by atoms with E-state index in [1.807, 2.05) is 0 Å². The third-order valence-corrected chi connectivity index (χ3v) is 7.01. The van der Waals surface area contributed by atoms with Gasteiger partial charge in [-0.3, -0.25) is 14.2 Å². The number of hydrogen-bond acceptors (Lipinski definition) is 9. The molecule has 1 N–H and O–H groups in total. The highest BCUT2D eigenvalue weighted by Crippen LogP contribution is 2.43. The monoisotopic (exact) mass is 480 g/mol. The fourth-order valence-corrected chi connectivity index (χ4v) is 4.87. The lowest BCUT2D eigenvalue weighted by Crippen LogP contribution is -2.25. The normalized spacial score (nSPS) is 18.0. The van der Waals surface area contributed by atoms with Crippen LogP contribution in [0.2, 0.25) is 0 Å². The van der Waals surface area contributed by atoms with Crippen molar-refractivity contribution in [3.63, 3.8) is 0 Å². The molecule has 2 aliphatic carbocycles. The number of carbonyl (C=O) groups is 1. The summed E-state index contributed by atoms with van der Waals surface area (Å²) in [5.41, 5.74) is -0.391. The second-order valence-corrected chi connectivity index (χ2v) is 9.04. The fraction of sp³-hybridized carbons (Fsp3) is 0.480. The maximum Gasteiger partial charge on any atom is 0.289 e. The average molecular weight is 481 g/mol. The summed E-state index contributed by atoms with van der Waals surface area (Å²) in [6.07, 6.45) is 6.18. The zero-order valence-corrected chi connectivity index (χ0v) is 19.8. The van der Waals surface area contributed by atoms with Gasteiger partial charge in [0.15, 0.2) is 5.56 Å². The summed E-state index contributed by atoms with van der Waals surface area (Å²) >= 11 is 0. The molecule has 2 aromatic heterocycles. The van der Waals surface area contributed by atoms with Crippen molar-refractivity contribution >= 4 is 5.78 Å². The molecule has 5 rings (SSSR count). The van der Waals surface area contributed by atoms with Gasteiger partial charge in [-0.05, 0) is 44.2 Å². The number of aromatic nitrogens is 4. The zero-order chi connectivity index (χ0) is 24.5. The van der Waals surface area contributed by atoms with Crippen LogP contribution in [0.1, 0.15) is 62.6 Å². The highest BCUT2D eigenvalue weighted by Gasteiger charge is 2.32. The van der Waals surface area contributed by atoms with Gasteiger partial charge in [0.05, 0.1) is 14.2 Å². The van der Waals surface area contributed by atoms with Crippen molar-refractivity contribution in [2.24, 2.45) is 5.92 Å². The number of ether oxygens (including phenoxy) is 2. The molecular weight excluding hydrogens is 452 g/mol. The predicted molar refractivity (Wildman–Crippen MR) is 125 cm³/mol. The molecule has 0 radical (unpaired) electrons. The van der Waals surface area contributed by atoms with Crippen molar-refractivity contribution < 1.29 is 23.8 Å². The van der Waals surface area contributed by atoms with Crippen LogP contribution in [-0.2, 0) is 11.2 Å². The molecule has 184 valence electrons. The summed E-state index contributed by atoms with van der Waals surface area (Å²) in [6, 6.07) is 5.26. The Morgan fingerprint density at radius 2 is 1.83 bits per heavy atom. The van der Waals surface area contributed by atoms with Gasteiger partial charge in [-0.1, -0.05) is 12.5 Å². The average Bonchev–Trinajstić information content (AvgIpc) is 3.45. The van der Waals surface area contributed by atoms with Gasteiger partial charge >= 0.3 is 0 Å². The molecule has 1 atom stereocenters. The van der Waals surface area contributed by atoms with E-state index in [0.717, 1.165) is 32.1 Å². The lowest BCUT2D eigenvalue weighted by molar-refractivity contribution is -0.120. The van der Waals surface area contributed by atoms with Crippen molar-refractivity contribution in [1.29, 1.82) is 0 Å². The van der Waals surface area contributed by atoms with E-state index in [9.17, 15) is 14.7 Å². The molecule has 35 heavy (non-hydrogen) atoms. The van der Waals surface area contributed by atoms with E-state index in [1.54, 1.807) is 18.2 Å². The first kappa shape index (κ1) is 23.1. The maximum atomic E-state index is 13.1. The molecule has 0 spiro atoms. The van der Waals surface area contributed by atoms with Crippen LogP contribution in [0.4, 0.5) is 0 Å². The molecule has 0 bridgehead atoms. The summed E-state index contributed by atoms with van der Waals surface area (Å²) in [4.78, 5) is 29.4. The van der Waals surface area contributed by atoms with Gasteiger partial charge in [0.25, 0.3) is 11.4 Å². The van der Waals surface area contributed by atoms with E-state index >= 15 is 0 Å². The molecule has 2 saturated carbocycles. The quantitative estimate of drug-likeness (QED) is 0.514. The summed E-state index contributed by atoms with van der Waals surface area (Å²) in [6.45, 7) is 0. The SMILES string of the molecule is COc1cccc(OC)c1-n1c(C2CCC2)nc(=O)c(-c2nnc(CCC3CCCC3=O)o2)c1O. The number of nitrogens with zero attached hydrogens (tertiary/aromatic N) is 4. The maximum absolute atomic E-state index is 13.1. The van der Waals surface area contributed by atoms with Gasteiger partial charge < -0.3 is 19.0 Å². The Kier molecular flexibility index (Phi) is 6.27. The van der Waals surface area contributed by atoms with Crippen LogP contribution in [0, 0.1) is 5.92 Å². The number of ketones is 1. The molecule has 1 unspecified atom stereocenters. The molecule has 10 nitrogen and oxygen atoms in total. The van der Waals surface area contributed by atoms with Gasteiger partial charge in [0.1, 0.15) is 28.8 Å². The third-order valence-electron chi connectivity index (χ3n) is 7.01. The van der Waals surface area contributed by atoms with Crippen molar-refractivity contribution in [3.05, 3.63) is 40.3 Å². The number of carbonyl (C=O) groups excluding carboxylic acids is 1. The van der Waals surface area contributed by atoms with E-state index in [1.165, 1.54) is 18.8 Å². The van der Waals surface area contributed by atoms with Crippen LogP contribution in [0.15, 0.2) is 27.4 Å². The van der Waals surface area contributed by atoms with Crippen LogP contribution in [0.25, 0.3) is 17.1 Å². The summed E-state index contributed by atoms with van der Waals surface area (Å²) in [5, 5.41) is 19.5. The standard InChI is InChI=1S/C25H28N4O6/c1-33-17-10-5-11-18(34-2)21(17)29-22(15-7-3-8-15)26-23(31)20(25(29)32)24-28-27-19(35-24)13-12-14-6-4-9-16(14)30/h5,10-11,14-15,32H,3-4,6-9,12-13H2,1-2H3. The number of Topliss-reactive ketones (excluding diaryl/α,β-unsaturated/α-hetero) is 1. The molecule has 0 aliphatic heterocycles. The minimum absolute atomic E-state index is 0.0115. The fourth-order valence-electron chi connectivity index (χ4n) is 4.87. The van der Waals surface area contributed by atoms with Gasteiger partial charge in [0, 0.05) is 24.7 Å². The first-order valence-electron chi connectivity index (χ1n) is 11.9. The van der Waals surface area contributed by atoms with Gasteiger partial charge in [0.2, 0.25) is 11.8 Å². The summed E-state index contributed by atoms with van der Waals surface area (Å²) in [5.74, 6) is 1.45. The number of methoxy groups -OCH3 is 2. The molecular formula is C25H28N4O6. The highest BCUT2D eigenvalue weighted by molar-refractivity contribution is 5.82. The summed E-state index contributed by atoms with van der Waals surface area (Å²) in [7, 11) is 3.04. The lowest BCUT2D eigenvalue weighted by atomic mass is 9.84. The van der Waals surface area contributed by atoms with E-state index in [4.69, 9.17) is 13.9 Å². The molecule has 3 aromatic rings. The van der Waals surface area contributed by atoms with Crippen molar-refractivity contribution in [2.75, 3.05) is 14.2 Å². The number of para-hydroxylation sites is 1. The second-order valence-electron chi connectivity index (χ2n) is 9.04. The Hall–Kier alpha value is -3.69. The van der Waals surface area contributed by atoms with Gasteiger partial charge in [-0.25, -0.2) is 0 Å². The minimum Gasteiger partial charge on any atom is -0.494 e. The molecule has 10 heteroatoms. The van der Waals surface area contributed by atoms with Crippen LogP contribution < -0.4 is 15.0 Å². The predicted octanol–water partition coefficient (Wildman–Crippen LogP) is 3.57. The van der Waals surface area contributed by atoms with Crippen molar-refractivity contribution in [3.8, 4) is 34.5 Å². The zero-order valence-electron chi connectivity index (χ0n) is 19.8.